The lowest BCUT2D eigenvalue weighted by molar-refractivity contribution is 0.0227. The minimum Gasteiger partial charge on any atom is -0.330 e. The molecule has 2 heterocycles. The molecule has 1 amide bonds. The highest BCUT2D eigenvalue weighted by molar-refractivity contribution is 7.17. The Morgan fingerprint density at radius 3 is 2.79 bits per heavy atom. The van der Waals surface area contributed by atoms with Gasteiger partial charge in [-0.3, -0.25) is 4.79 Å². The third-order valence-electron chi connectivity index (χ3n) is 4.35. The number of carbonyl (C=O) groups is 1. The van der Waals surface area contributed by atoms with Crippen molar-refractivity contribution >= 4 is 28.8 Å². The van der Waals surface area contributed by atoms with Gasteiger partial charge in [0.1, 0.15) is 0 Å². The van der Waals surface area contributed by atoms with Crippen LogP contribution in [0.2, 0.25) is 4.34 Å². The van der Waals surface area contributed by atoms with E-state index in [1.807, 2.05) is 12.1 Å². The van der Waals surface area contributed by atoms with E-state index in [9.17, 15) is 4.79 Å². The minimum absolute atomic E-state index is 0.0457. The molecule has 2 fully saturated rings. The molecule has 104 valence electrons. The Labute approximate surface area is 122 Å². The highest BCUT2D eigenvalue weighted by Gasteiger charge is 2.42. The van der Waals surface area contributed by atoms with Crippen LogP contribution in [0.25, 0.3) is 0 Å². The van der Waals surface area contributed by atoms with Crippen molar-refractivity contribution in [3.8, 4) is 0 Å². The van der Waals surface area contributed by atoms with E-state index in [1.54, 1.807) is 0 Å². The number of nitrogens with one attached hydrogen (secondary N) is 1. The van der Waals surface area contributed by atoms with Crippen LogP contribution in [0.5, 0.6) is 0 Å². The van der Waals surface area contributed by atoms with E-state index in [2.05, 4.69) is 10.2 Å². The Bertz CT molecular complexity index is 460. The molecule has 1 aliphatic heterocycles. The molecule has 1 saturated heterocycles. The van der Waals surface area contributed by atoms with Gasteiger partial charge in [-0.1, -0.05) is 30.9 Å². The summed E-state index contributed by atoms with van der Waals surface area (Å²) in [5.74, 6) is 0.167. The van der Waals surface area contributed by atoms with Crippen molar-refractivity contribution in [2.75, 3.05) is 19.6 Å². The first-order valence-corrected chi connectivity index (χ1v) is 8.19. The molecule has 19 heavy (non-hydrogen) atoms. The maximum Gasteiger partial charge on any atom is 0.264 e. The van der Waals surface area contributed by atoms with Crippen LogP contribution in [0.3, 0.4) is 0 Å². The lowest BCUT2D eigenvalue weighted by atomic mass is 9.79. The number of hydrogen-bond donors (Lipinski definition) is 1. The van der Waals surface area contributed by atoms with E-state index in [4.69, 9.17) is 11.6 Å². The maximum absolute atomic E-state index is 12.7. The quantitative estimate of drug-likeness (QED) is 0.864. The monoisotopic (exact) mass is 298 g/mol. The summed E-state index contributed by atoms with van der Waals surface area (Å²) in [5.41, 5.74) is 0.0457. The molecule has 2 aliphatic rings. The summed E-state index contributed by atoms with van der Waals surface area (Å²) < 4.78 is 0.691. The summed E-state index contributed by atoms with van der Waals surface area (Å²) in [7, 11) is 0. The van der Waals surface area contributed by atoms with Crippen LogP contribution >= 0.6 is 22.9 Å². The summed E-state index contributed by atoms with van der Waals surface area (Å²) in [4.78, 5) is 15.6. The van der Waals surface area contributed by atoms with Crippen molar-refractivity contribution in [1.29, 1.82) is 0 Å². The standard InChI is InChI=1S/C14H19ClN2OS/c15-12-5-4-11(19-12)13(18)17-9-8-16-10-14(17)6-2-1-3-7-14/h4-5,16H,1-3,6-10H2. The largest absolute Gasteiger partial charge is 0.330 e. The molecular formula is C14H19ClN2OS. The third-order valence-corrected chi connectivity index (χ3v) is 5.57. The number of piperazine rings is 1. The fourth-order valence-corrected chi connectivity index (χ4v) is 4.37. The summed E-state index contributed by atoms with van der Waals surface area (Å²) >= 11 is 7.35. The lowest BCUT2D eigenvalue weighted by Gasteiger charge is -2.49. The summed E-state index contributed by atoms with van der Waals surface area (Å²) in [6.45, 7) is 2.65. The van der Waals surface area contributed by atoms with Crippen LogP contribution < -0.4 is 5.32 Å². The van der Waals surface area contributed by atoms with E-state index >= 15 is 0 Å². The van der Waals surface area contributed by atoms with Crippen molar-refractivity contribution in [3.63, 3.8) is 0 Å². The first kappa shape index (κ1) is 13.4. The molecule has 3 nitrogen and oxygen atoms in total. The fourth-order valence-electron chi connectivity index (χ4n) is 3.38. The number of nitrogens with zero attached hydrogens (tertiary/aromatic N) is 1. The molecule has 1 N–H and O–H groups in total. The van der Waals surface area contributed by atoms with Gasteiger partial charge in [-0.15, -0.1) is 11.3 Å². The van der Waals surface area contributed by atoms with Gasteiger partial charge in [0.25, 0.3) is 5.91 Å². The molecule has 1 spiro atoms. The molecular weight excluding hydrogens is 280 g/mol. The highest BCUT2D eigenvalue weighted by atomic mass is 35.5. The van der Waals surface area contributed by atoms with Gasteiger partial charge in [0.15, 0.2) is 0 Å². The van der Waals surface area contributed by atoms with Crippen molar-refractivity contribution in [1.82, 2.24) is 10.2 Å². The van der Waals surface area contributed by atoms with E-state index in [-0.39, 0.29) is 11.4 Å². The third kappa shape index (κ3) is 2.54. The fraction of sp³-hybridized carbons (Fsp3) is 0.643. The summed E-state index contributed by atoms with van der Waals surface area (Å²) in [5, 5.41) is 3.47. The van der Waals surface area contributed by atoms with Gasteiger partial charge in [0, 0.05) is 19.6 Å². The van der Waals surface area contributed by atoms with Crippen LogP contribution in [0, 0.1) is 0 Å². The second-order valence-electron chi connectivity index (χ2n) is 5.52. The average molecular weight is 299 g/mol. The molecule has 1 aliphatic carbocycles. The van der Waals surface area contributed by atoms with Crippen LogP contribution in [-0.4, -0.2) is 36.0 Å². The number of halogens is 1. The molecule has 0 atom stereocenters. The lowest BCUT2D eigenvalue weighted by Crippen LogP contribution is -2.63. The Morgan fingerprint density at radius 2 is 2.11 bits per heavy atom. The van der Waals surface area contributed by atoms with Crippen molar-refractivity contribution in [2.24, 2.45) is 0 Å². The molecule has 5 heteroatoms. The van der Waals surface area contributed by atoms with E-state index in [1.165, 1.54) is 30.6 Å². The zero-order valence-corrected chi connectivity index (χ0v) is 12.5. The Balaban J connectivity index is 1.85. The van der Waals surface area contributed by atoms with E-state index < -0.39 is 0 Å². The molecule has 0 unspecified atom stereocenters. The van der Waals surface area contributed by atoms with Crippen molar-refractivity contribution in [3.05, 3.63) is 21.3 Å². The summed E-state index contributed by atoms with van der Waals surface area (Å²) in [6.07, 6.45) is 6.03. The molecule has 1 aromatic rings. The number of carbonyl (C=O) groups excluding carboxylic acids is 1. The highest BCUT2D eigenvalue weighted by Crippen LogP contribution is 2.36. The van der Waals surface area contributed by atoms with Crippen molar-refractivity contribution in [2.45, 2.75) is 37.6 Å². The van der Waals surface area contributed by atoms with Gasteiger partial charge in [0.05, 0.1) is 14.8 Å². The van der Waals surface area contributed by atoms with Gasteiger partial charge in [-0.2, -0.15) is 0 Å². The number of amides is 1. The van der Waals surface area contributed by atoms with Gasteiger partial charge >= 0.3 is 0 Å². The zero-order chi connectivity index (χ0) is 13.3. The predicted octanol–water partition coefficient (Wildman–Crippen LogP) is 3.15. The minimum atomic E-state index is 0.0457. The Morgan fingerprint density at radius 1 is 1.32 bits per heavy atom. The van der Waals surface area contributed by atoms with Crippen LogP contribution in [0.4, 0.5) is 0 Å². The number of rotatable bonds is 1. The maximum atomic E-state index is 12.7. The first-order chi connectivity index (χ1) is 9.21. The molecule has 0 bridgehead atoms. The second-order valence-corrected chi connectivity index (χ2v) is 7.24. The van der Waals surface area contributed by atoms with Crippen LogP contribution in [-0.2, 0) is 0 Å². The second kappa shape index (κ2) is 5.43. The Hall–Kier alpha value is -0.580. The SMILES string of the molecule is O=C(c1ccc(Cl)s1)N1CCNCC12CCCCC2. The first-order valence-electron chi connectivity index (χ1n) is 6.99. The smallest absolute Gasteiger partial charge is 0.264 e. The van der Waals surface area contributed by atoms with Gasteiger partial charge < -0.3 is 10.2 Å². The van der Waals surface area contributed by atoms with E-state index in [0.717, 1.165) is 37.4 Å². The van der Waals surface area contributed by atoms with Gasteiger partial charge in [0.2, 0.25) is 0 Å². The van der Waals surface area contributed by atoms with Crippen LogP contribution in [0.15, 0.2) is 12.1 Å². The zero-order valence-electron chi connectivity index (χ0n) is 11.0. The predicted molar refractivity (Wildman–Crippen MR) is 79.1 cm³/mol. The molecule has 0 aromatic carbocycles. The molecule has 3 rings (SSSR count). The average Bonchev–Trinajstić information content (AvgIpc) is 2.86. The molecule has 1 aromatic heterocycles. The number of thiophene rings is 1. The van der Waals surface area contributed by atoms with E-state index in [0.29, 0.717) is 4.34 Å². The van der Waals surface area contributed by atoms with Crippen LogP contribution in [0.1, 0.15) is 41.8 Å². The summed E-state index contributed by atoms with van der Waals surface area (Å²) in [6, 6.07) is 3.67. The van der Waals surface area contributed by atoms with Gasteiger partial charge in [-0.25, -0.2) is 0 Å². The molecule has 1 saturated carbocycles. The van der Waals surface area contributed by atoms with Gasteiger partial charge in [-0.05, 0) is 25.0 Å². The topological polar surface area (TPSA) is 32.3 Å². The van der Waals surface area contributed by atoms with Crippen molar-refractivity contribution < 1.29 is 4.79 Å². The molecule has 0 radical (unpaired) electrons. The normalized spacial score (nSPS) is 22.7. The number of hydrogen-bond acceptors (Lipinski definition) is 3. The Kier molecular flexibility index (Phi) is 3.83.